The van der Waals surface area contributed by atoms with Gasteiger partial charge < -0.3 is 5.32 Å². The highest BCUT2D eigenvalue weighted by Crippen LogP contribution is 2.24. The van der Waals surface area contributed by atoms with E-state index in [0.717, 1.165) is 16.9 Å². The zero-order valence-electron chi connectivity index (χ0n) is 9.37. The van der Waals surface area contributed by atoms with Gasteiger partial charge in [-0.2, -0.15) is 5.26 Å². The number of nitrogens with one attached hydrogen (secondary N) is 1. The SMILES string of the molecule is Cc1ccc(Nc2ccccc2C#N)cc1Cl. The summed E-state index contributed by atoms with van der Waals surface area (Å²) in [7, 11) is 0. The lowest BCUT2D eigenvalue weighted by Crippen LogP contribution is -1.93. The summed E-state index contributed by atoms with van der Waals surface area (Å²) < 4.78 is 0. The van der Waals surface area contributed by atoms with E-state index in [-0.39, 0.29) is 0 Å². The second-order valence-electron chi connectivity index (χ2n) is 3.75. The maximum absolute atomic E-state index is 8.98. The average molecular weight is 243 g/mol. The van der Waals surface area contributed by atoms with Crippen LogP contribution in [0.2, 0.25) is 5.02 Å². The molecule has 0 amide bonds. The second-order valence-corrected chi connectivity index (χ2v) is 4.15. The van der Waals surface area contributed by atoms with Crippen LogP contribution in [0.4, 0.5) is 11.4 Å². The monoisotopic (exact) mass is 242 g/mol. The van der Waals surface area contributed by atoms with Crippen LogP contribution in [0.1, 0.15) is 11.1 Å². The first-order chi connectivity index (χ1) is 8.20. The van der Waals surface area contributed by atoms with Crippen molar-refractivity contribution >= 4 is 23.0 Å². The molecular formula is C14H11ClN2. The van der Waals surface area contributed by atoms with Gasteiger partial charge in [-0.15, -0.1) is 0 Å². The summed E-state index contributed by atoms with van der Waals surface area (Å²) in [5, 5.41) is 12.9. The summed E-state index contributed by atoms with van der Waals surface area (Å²) in [6.07, 6.45) is 0. The van der Waals surface area contributed by atoms with E-state index in [1.165, 1.54) is 0 Å². The molecule has 0 aliphatic rings. The van der Waals surface area contributed by atoms with Gasteiger partial charge in [0.15, 0.2) is 0 Å². The zero-order chi connectivity index (χ0) is 12.3. The minimum absolute atomic E-state index is 0.615. The number of para-hydroxylation sites is 1. The molecule has 0 spiro atoms. The van der Waals surface area contributed by atoms with E-state index < -0.39 is 0 Å². The normalized spacial score (nSPS) is 9.71. The van der Waals surface area contributed by atoms with E-state index in [1.54, 1.807) is 6.07 Å². The molecule has 0 aliphatic carbocycles. The smallest absolute Gasteiger partial charge is 0.101 e. The van der Waals surface area contributed by atoms with Crippen molar-refractivity contribution in [2.75, 3.05) is 5.32 Å². The summed E-state index contributed by atoms with van der Waals surface area (Å²) in [6, 6.07) is 15.3. The topological polar surface area (TPSA) is 35.8 Å². The van der Waals surface area contributed by atoms with E-state index in [4.69, 9.17) is 16.9 Å². The quantitative estimate of drug-likeness (QED) is 0.854. The van der Waals surface area contributed by atoms with Gasteiger partial charge >= 0.3 is 0 Å². The number of hydrogen-bond acceptors (Lipinski definition) is 2. The maximum atomic E-state index is 8.98. The third-order valence-corrected chi connectivity index (χ3v) is 2.91. The molecule has 3 heteroatoms. The molecule has 0 saturated heterocycles. The fourth-order valence-electron chi connectivity index (χ4n) is 1.52. The number of nitriles is 1. The Morgan fingerprint density at radius 3 is 2.65 bits per heavy atom. The van der Waals surface area contributed by atoms with E-state index in [1.807, 2.05) is 43.3 Å². The molecule has 0 saturated carbocycles. The van der Waals surface area contributed by atoms with Crippen LogP contribution in [0.5, 0.6) is 0 Å². The third-order valence-electron chi connectivity index (χ3n) is 2.50. The summed E-state index contributed by atoms with van der Waals surface area (Å²) >= 11 is 6.05. The molecule has 84 valence electrons. The van der Waals surface area contributed by atoms with Gasteiger partial charge in [0, 0.05) is 10.7 Å². The first-order valence-corrected chi connectivity index (χ1v) is 5.61. The molecular weight excluding hydrogens is 232 g/mol. The number of anilines is 2. The minimum Gasteiger partial charge on any atom is -0.354 e. The molecule has 0 fully saturated rings. The van der Waals surface area contributed by atoms with E-state index in [2.05, 4.69) is 11.4 Å². The minimum atomic E-state index is 0.615. The summed E-state index contributed by atoms with van der Waals surface area (Å²) in [6.45, 7) is 1.95. The first kappa shape index (κ1) is 11.5. The Labute approximate surface area is 105 Å². The number of benzene rings is 2. The Balaban J connectivity index is 2.32. The molecule has 2 aromatic rings. The summed E-state index contributed by atoms with van der Waals surface area (Å²) in [5.74, 6) is 0. The molecule has 2 nitrogen and oxygen atoms in total. The van der Waals surface area contributed by atoms with E-state index >= 15 is 0 Å². The zero-order valence-corrected chi connectivity index (χ0v) is 10.1. The number of hydrogen-bond donors (Lipinski definition) is 1. The van der Waals surface area contributed by atoms with Crippen molar-refractivity contribution in [3.8, 4) is 6.07 Å². The van der Waals surface area contributed by atoms with Gasteiger partial charge in [-0.05, 0) is 36.8 Å². The van der Waals surface area contributed by atoms with Crippen LogP contribution in [0, 0.1) is 18.3 Å². The maximum Gasteiger partial charge on any atom is 0.101 e. The van der Waals surface area contributed by atoms with Crippen LogP contribution >= 0.6 is 11.6 Å². The predicted octanol–water partition coefficient (Wildman–Crippen LogP) is 4.26. The third kappa shape index (κ3) is 2.58. The van der Waals surface area contributed by atoms with Gasteiger partial charge in [-0.1, -0.05) is 29.8 Å². The highest BCUT2D eigenvalue weighted by molar-refractivity contribution is 6.31. The largest absolute Gasteiger partial charge is 0.354 e. The highest BCUT2D eigenvalue weighted by atomic mass is 35.5. The van der Waals surface area contributed by atoms with Crippen molar-refractivity contribution in [2.24, 2.45) is 0 Å². The van der Waals surface area contributed by atoms with Crippen molar-refractivity contribution < 1.29 is 0 Å². The molecule has 2 rings (SSSR count). The summed E-state index contributed by atoms with van der Waals surface area (Å²) in [4.78, 5) is 0. The van der Waals surface area contributed by atoms with Crippen molar-refractivity contribution in [1.29, 1.82) is 5.26 Å². The molecule has 0 bridgehead atoms. The van der Waals surface area contributed by atoms with Gasteiger partial charge in [0.05, 0.1) is 11.3 Å². The lowest BCUT2D eigenvalue weighted by molar-refractivity contribution is 1.43. The van der Waals surface area contributed by atoms with Crippen LogP contribution in [0.15, 0.2) is 42.5 Å². The molecule has 17 heavy (non-hydrogen) atoms. The van der Waals surface area contributed by atoms with Gasteiger partial charge in [-0.25, -0.2) is 0 Å². The second kappa shape index (κ2) is 4.90. The van der Waals surface area contributed by atoms with Crippen LogP contribution in [0.3, 0.4) is 0 Å². The van der Waals surface area contributed by atoms with Crippen molar-refractivity contribution in [3.05, 3.63) is 58.6 Å². The standard InChI is InChI=1S/C14H11ClN2/c1-10-6-7-12(8-13(10)15)17-14-5-3-2-4-11(14)9-16/h2-8,17H,1H3. The Kier molecular flexibility index (Phi) is 3.32. The molecule has 0 atom stereocenters. The Hall–Kier alpha value is -1.98. The fourth-order valence-corrected chi connectivity index (χ4v) is 1.70. The number of rotatable bonds is 2. The molecule has 0 aliphatic heterocycles. The van der Waals surface area contributed by atoms with Gasteiger partial charge in [0.2, 0.25) is 0 Å². The molecule has 0 aromatic heterocycles. The fraction of sp³-hybridized carbons (Fsp3) is 0.0714. The van der Waals surface area contributed by atoms with Crippen LogP contribution < -0.4 is 5.32 Å². The first-order valence-electron chi connectivity index (χ1n) is 5.23. The van der Waals surface area contributed by atoms with Crippen LogP contribution in [0.25, 0.3) is 0 Å². The van der Waals surface area contributed by atoms with Gasteiger partial charge in [-0.3, -0.25) is 0 Å². The lowest BCUT2D eigenvalue weighted by Gasteiger charge is -2.09. The Bertz CT molecular complexity index is 585. The molecule has 0 radical (unpaired) electrons. The molecule has 0 unspecified atom stereocenters. The lowest BCUT2D eigenvalue weighted by atomic mass is 10.1. The van der Waals surface area contributed by atoms with Crippen molar-refractivity contribution in [1.82, 2.24) is 0 Å². The van der Waals surface area contributed by atoms with Crippen molar-refractivity contribution in [2.45, 2.75) is 6.92 Å². The van der Waals surface area contributed by atoms with Crippen LogP contribution in [-0.2, 0) is 0 Å². The molecule has 0 heterocycles. The molecule has 2 aromatic carbocycles. The highest BCUT2D eigenvalue weighted by Gasteiger charge is 2.02. The van der Waals surface area contributed by atoms with Crippen molar-refractivity contribution in [3.63, 3.8) is 0 Å². The van der Waals surface area contributed by atoms with Gasteiger partial charge in [0.1, 0.15) is 6.07 Å². The Morgan fingerprint density at radius 2 is 1.94 bits per heavy atom. The number of nitrogens with zero attached hydrogens (tertiary/aromatic N) is 1. The van der Waals surface area contributed by atoms with Crippen LogP contribution in [-0.4, -0.2) is 0 Å². The van der Waals surface area contributed by atoms with Gasteiger partial charge in [0.25, 0.3) is 0 Å². The Morgan fingerprint density at radius 1 is 1.18 bits per heavy atom. The predicted molar refractivity (Wildman–Crippen MR) is 70.6 cm³/mol. The summed E-state index contributed by atoms with van der Waals surface area (Å²) in [5.41, 5.74) is 3.31. The number of halogens is 1. The number of aryl methyl sites for hydroxylation is 1. The average Bonchev–Trinajstić information content (AvgIpc) is 2.34. The van der Waals surface area contributed by atoms with E-state index in [9.17, 15) is 0 Å². The van der Waals surface area contributed by atoms with E-state index in [0.29, 0.717) is 10.6 Å². The molecule has 1 N–H and O–H groups in total.